The van der Waals surface area contributed by atoms with E-state index in [1.165, 1.54) is 30.0 Å². The molecule has 2 aliphatic rings. The number of ether oxygens (including phenoxy) is 2. The highest BCUT2D eigenvalue weighted by molar-refractivity contribution is 5.99. The van der Waals surface area contributed by atoms with Gasteiger partial charge in [0.2, 0.25) is 5.43 Å². The molecule has 0 aliphatic carbocycles. The standard InChI is InChI=1S/C20H20FN3O5/c1-11-10-29-15-9-23-8-14(17(25)18(28-2)16(23)20(27)24(11)15)19(26)22-7-12-3-5-13(21)6-4-12/h3-6,8,11,15H,7,9-10H2,1-2H3,(H,22,26)/t11-,15+/m0/s1. The highest BCUT2D eigenvalue weighted by Crippen LogP contribution is 2.29. The number of hydrogen-bond acceptors (Lipinski definition) is 5. The van der Waals surface area contributed by atoms with Gasteiger partial charge in [-0.15, -0.1) is 0 Å². The summed E-state index contributed by atoms with van der Waals surface area (Å²) in [6, 6.07) is 5.56. The zero-order valence-electron chi connectivity index (χ0n) is 16.0. The molecule has 2 aromatic rings. The number of rotatable bonds is 4. The molecule has 9 heteroatoms. The molecule has 152 valence electrons. The second kappa shape index (κ2) is 7.32. The smallest absolute Gasteiger partial charge is 0.276 e. The summed E-state index contributed by atoms with van der Waals surface area (Å²) < 4.78 is 25.4. The third kappa shape index (κ3) is 3.27. The van der Waals surface area contributed by atoms with Gasteiger partial charge in [0.25, 0.3) is 11.8 Å². The summed E-state index contributed by atoms with van der Waals surface area (Å²) in [6.45, 7) is 2.69. The van der Waals surface area contributed by atoms with Gasteiger partial charge in [-0.3, -0.25) is 14.4 Å². The number of nitrogens with one attached hydrogen (secondary N) is 1. The van der Waals surface area contributed by atoms with Crippen LogP contribution in [0.25, 0.3) is 0 Å². The number of methoxy groups -OCH3 is 1. The van der Waals surface area contributed by atoms with Gasteiger partial charge in [-0.2, -0.15) is 0 Å². The normalized spacial score (nSPS) is 20.2. The molecule has 1 fully saturated rings. The van der Waals surface area contributed by atoms with Crippen molar-refractivity contribution in [2.75, 3.05) is 13.7 Å². The number of carbonyl (C=O) groups excluding carboxylic acids is 2. The van der Waals surface area contributed by atoms with Crippen molar-refractivity contribution in [1.29, 1.82) is 0 Å². The van der Waals surface area contributed by atoms with Crippen molar-refractivity contribution in [2.24, 2.45) is 0 Å². The third-order valence-corrected chi connectivity index (χ3v) is 5.16. The number of nitrogens with zero attached hydrogens (tertiary/aromatic N) is 2. The monoisotopic (exact) mass is 401 g/mol. The van der Waals surface area contributed by atoms with Gasteiger partial charge in [0.1, 0.15) is 11.4 Å². The van der Waals surface area contributed by atoms with Crippen LogP contribution < -0.4 is 15.5 Å². The molecule has 3 heterocycles. The first-order valence-corrected chi connectivity index (χ1v) is 9.19. The summed E-state index contributed by atoms with van der Waals surface area (Å²) in [5.41, 5.74) is 0.0000519. The summed E-state index contributed by atoms with van der Waals surface area (Å²) in [6.07, 6.45) is 0.911. The molecule has 0 bridgehead atoms. The maximum atomic E-state index is 13.0. The number of amides is 2. The molecule has 8 nitrogen and oxygen atoms in total. The van der Waals surface area contributed by atoms with E-state index in [0.29, 0.717) is 18.7 Å². The Morgan fingerprint density at radius 2 is 2.03 bits per heavy atom. The van der Waals surface area contributed by atoms with Crippen LogP contribution in [0.2, 0.25) is 0 Å². The van der Waals surface area contributed by atoms with E-state index in [-0.39, 0.29) is 41.3 Å². The van der Waals surface area contributed by atoms with Crippen LogP contribution in [-0.2, 0) is 17.8 Å². The molecular weight excluding hydrogens is 381 g/mol. The Morgan fingerprint density at radius 1 is 1.31 bits per heavy atom. The van der Waals surface area contributed by atoms with Crippen LogP contribution in [-0.4, -0.2) is 47.3 Å². The van der Waals surface area contributed by atoms with Crippen molar-refractivity contribution in [2.45, 2.75) is 32.3 Å². The van der Waals surface area contributed by atoms with Crippen LogP contribution in [0.1, 0.15) is 33.3 Å². The van der Waals surface area contributed by atoms with Gasteiger partial charge in [0.05, 0.1) is 26.3 Å². The van der Waals surface area contributed by atoms with Gasteiger partial charge in [0, 0.05) is 12.7 Å². The Hall–Kier alpha value is -3.20. The fourth-order valence-corrected chi connectivity index (χ4v) is 3.69. The van der Waals surface area contributed by atoms with E-state index in [2.05, 4.69) is 5.32 Å². The van der Waals surface area contributed by atoms with Gasteiger partial charge >= 0.3 is 0 Å². The summed E-state index contributed by atoms with van der Waals surface area (Å²) in [7, 11) is 1.29. The van der Waals surface area contributed by atoms with Crippen molar-refractivity contribution in [3.8, 4) is 5.75 Å². The zero-order chi connectivity index (χ0) is 20.7. The van der Waals surface area contributed by atoms with Crippen molar-refractivity contribution < 1.29 is 23.5 Å². The molecule has 0 radical (unpaired) electrons. The largest absolute Gasteiger partial charge is 0.491 e. The molecule has 0 unspecified atom stereocenters. The predicted molar refractivity (Wildman–Crippen MR) is 100 cm³/mol. The second-order valence-corrected chi connectivity index (χ2v) is 7.06. The number of halogens is 1. The van der Waals surface area contributed by atoms with Crippen molar-refractivity contribution >= 4 is 11.8 Å². The lowest BCUT2D eigenvalue weighted by Gasteiger charge is -2.34. The molecule has 29 heavy (non-hydrogen) atoms. The van der Waals surface area contributed by atoms with Crippen molar-refractivity contribution in [1.82, 2.24) is 14.8 Å². The first kappa shape index (κ1) is 19.1. The summed E-state index contributed by atoms with van der Waals surface area (Å²) >= 11 is 0. The Labute approximate surface area is 165 Å². The molecule has 2 aliphatic heterocycles. The number of aromatic nitrogens is 1. The van der Waals surface area contributed by atoms with Crippen LogP contribution in [0.4, 0.5) is 4.39 Å². The van der Waals surface area contributed by atoms with E-state index in [0.717, 1.165) is 0 Å². The van der Waals surface area contributed by atoms with Crippen LogP contribution >= 0.6 is 0 Å². The van der Waals surface area contributed by atoms with Crippen molar-refractivity contribution in [3.63, 3.8) is 0 Å². The second-order valence-electron chi connectivity index (χ2n) is 7.06. The Kier molecular flexibility index (Phi) is 4.83. The lowest BCUT2D eigenvalue weighted by Crippen LogP contribution is -2.49. The molecule has 1 aromatic heterocycles. The van der Waals surface area contributed by atoms with Gasteiger partial charge in [-0.05, 0) is 24.6 Å². The quantitative estimate of drug-likeness (QED) is 0.830. The molecular formula is C20H20FN3O5. The van der Waals surface area contributed by atoms with E-state index >= 15 is 0 Å². The van der Waals surface area contributed by atoms with Crippen LogP contribution in [0.3, 0.4) is 0 Å². The maximum absolute atomic E-state index is 13.0. The van der Waals surface area contributed by atoms with Crippen LogP contribution in [0.15, 0.2) is 35.3 Å². The Balaban J connectivity index is 1.65. The Bertz CT molecular complexity index is 1030. The molecule has 2 amide bonds. The topological polar surface area (TPSA) is 89.9 Å². The summed E-state index contributed by atoms with van der Waals surface area (Å²) in [4.78, 5) is 40.0. The average molecular weight is 401 g/mol. The van der Waals surface area contributed by atoms with E-state index in [1.807, 2.05) is 6.92 Å². The number of benzene rings is 1. The van der Waals surface area contributed by atoms with Gasteiger partial charge < -0.3 is 24.3 Å². The fraction of sp³-hybridized carbons (Fsp3) is 0.350. The number of hydrogen-bond donors (Lipinski definition) is 1. The molecule has 4 rings (SSSR count). The molecule has 1 N–H and O–H groups in total. The molecule has 0 spiro atoms. The minimum atomic E-state index is -0.657. The molecule has 1 aromatic carbocycles. The SMILES string of the molecule is COc1c2n(cc(C(=O)NCc3ccc(F)cc3)c1=O)C[C@H]1OC[C@H](C)N1C2=O. The van der Waals surface area contributed by atoms with E-state index < -0.39 is 17.6 Å². The molecule has 0 saturated carbocycles. The zero-order valence-corrected chi connectivity index (χ0v) is 16.0. The average Bonchev–Trinajstić information content (AvgIpc) is 3.08. The van der Waals surface area contributed by atoms with E-state index in [9.17, 15) is 18.8 Å². The van der Waals surface area contributed by atoms with E-state index in [1.54, 1.807) is 17.0 Å². The lowest BCUT2D eigenvalue weighted by molar-refractivity contribution is 0.00621. The summed E-state index contributed by atoms with van der Waals surface area (Å²) in [5.74, 6) is -1.51. The predicted octanol–water partition coefficient (Wildman–Crippen LogP) is 1.13. The third-order valence-electron chi connectivity index (χ3n) is 5.16. The first-order chi connectivity index (χ1) is 13.9. The van der Waals surface area contributed by atoms with Crippen molar-refractivity contribution in [3.05, 3.63) is 63.3 Å². The van der Waals surface area contributed by atoms with Gasteiger partial charge in [-0.1, -0.05) is 12.1 Å². The number of fused-ring (bicyclic) bond motifs is 2. The highest BCUT2D eigenvalue weighted by Gasteiger charge is 2.43. The molecule has 1 saturated heterocycles. The highest BCUT2D eigenvalue weighted by atomic mass is 19.1. The van der Waals surface area contributed by atoms with Gasteiger partial charge in [-0.25, -0.2) is 4.39 Å². The van der Waals surface area contributed by atoms with E-state index in [4.69, 9.17) is 9.47 Å². The lowest BCUT2D eigenvalue weighted by atomic mass is 10.1. The van der Waals surface area contributed by atoms with Gasteiger partial charge in [0.15, 0.2) is 17.7 Å². The van der Waals surface area contributed by atoms with Crippen LogP contribution in [0, 0.1) is 5.82 Å². The minimum Gasteiger partial charge on any atom is -0.491 e. The maximum Gasteiger partial charge on any atom is 0.276 e. The number of pyridine rings is 1. The van der Waals surface area contributed by atoms with Crippen LogP contribution in [0.5, 0.6) is 5.75 Å². The minimum absolute atomic E-state index is 0.111. The number of carbonyl (C=O) groups is 2. The fourth-order valence-electron chi connectivity index (χ4n) is 3.69. The molecule has 2 atom stereocenters. The Morgan fingerprint density at radius 3 is 2.72 bits per heavy atom. The summed E-state index contributed by atoms with van der Waals surface area (Å²) in [5, 5.41) is 2.64. The first-order valence-electron chi connectivity index (χ1n) is 9.19.